The van der Waals surface area contributed by atoms with Crippen LogP contribution in [0.5, 0.6) is 17.2 Å². The lowest BCUT2D eigenvalue weighted by Gasteiger charge is -2.15. The highest BCUT2D eigenvalue weighted by Gasteiger charge is 2.54. The maximum atomic E-state index is 13.2. The van der Waals surface area contributed by atoms with Crippen molar-refractivity contribution in [1.29, 1.82) is 0 Å². The van der Waals surface area contributed by atoms with Gasteiger partial charge in [0.25, 0.3) is 0 Å². The molecule has 1 unspecified atom stereocenters. The van der Waals surface area contributed by atoms with Crippen LogP contribution in [0.2, 0.25) is 0 Å². The number of aliphatic hydroxyl groups excluding tert-OH is 1. The summed E-state index contributed by atoms with van der Waals surface area (Å²) in [6, 6.07) is 18.3. The summed E-state index contributed by atoms with van der Waals surface area (Å²) in [5, 5.41) is 10.4. The second-order valence-electron chi connectivity index (χ2n) is 10.8. The average Bonchev–Trinajstić information content (AvgIpc) is 3.65. The van der Waals surface area contributed by atoms with Crippen LogP contribution in [0.4, 0.5) is 4.39 Å². The van der Waals surface area contributed by atoms with Crippen LogP contribution in [0.1, 0.15) is 30.9 Å². The van der Waals surface area contributed by atoms with Crippen molar-refractivity contribution < 1.29 is 33.0 Å². The maximum Gasteiger partial charge on any atom is 0.229 e. The molecule has 3 aromatic carbocycles. The minimum absolute atomic E-state index is 0.0911. The molecule has 0 bridgehead atoms. The Morgan fingerprint density at radius 2 is 1.60 bits per heavy atom. The predicted molar refractivity (Wildman–Crippen MR) is 156 cm³/mol. The van der Waals surface area contributed by atoms with E-state index in [-0.39, 0.29) is 36.8 Å². The molecular weight excluding hydrogens is 551 g/mol. The minimum Gasteiger partial charge on any atom is -0.490 e. The molecular formula is C34H29FN2O6. The molecule has 0 spiro atoms. The van der Waals surface area contributed by atoms with Crippen molar-refractivity contribution in [2.45, 2.75) is 38.7 Å². The van der Waals surface area contributed by atoms with Gasteiger partial charge < -0.3 is 19.0 Å². The van der Waals surface area contributed by atoms with Gasteiger partial charge in [-0.05, 0) is 67.3 Å². The van der Waals surface area contributed by atoms with Crippen LogP contribution >= 0.6 is 0 Å². The first kappa shape index (κ1) is 28.2. The van der Waals surface area contributed by atoms with Gasteiger partial charge in [0.05, 0.1) is 28.8 Å². The summed E-state index contributed by atoms with van der Waals surface area (Å²) < 4.78 is 30.8. The third-order valence-corrected chi connectivity index (χ3v) is 7.56. The fourth-order valence-corrected chi connectivity index (χ4v) is 5.04. The van der Waals surface area contributed by atoms with E-state index in [9.17, 15) is 19.1 Å². The molecule has 0 saturated heterocycles. The lowest BCUT2D eigenvalue weighted by Crippen LogP contribution is -2.28. The summed E-state index contributed by atoms with van der Waals surface area (Å²) in [7, 11) is 0. The number of benzene rings is 3. The van der Waals surface area contributed by atoms with Gasteiger partial charge in [0.2, 0.25) is 5.89 Å². The number of halogens is 1. The molecule has 1 N–H and O–H groups in total. The first-order chi connectivity index (χ1) is 20.8. The lowest BCUT2D eigenvalue weighted by molar-refractivity contribution is -0.133. The monoisotopic (exact) mass is 580 g/mol. The average molecular weight is 581 g/mol. The van der Waals surface area contributed by atoms with Crippen LogP contribution in [0, 0.1) is 11.2 Å². The van der Waals surface area contributed by atoms with E-state index in [4.69, 9.17) is 13.9 Å². The molecule has 0 radical (unpaired) electrons. The molecule has 0 amide bonds. The number of hydrogen-bond donors (Lipinski definition) is 1. The summed E-state index contributed by atoms with van der Waals surface area (Å²) in [4.78, 5) is 34.9. The summed E-state index contributed by atoms with van der Waals surface area (Å²) in [6.07, 6.45) is 5.33. The van der Waals surface area contributed by atoms with Crippen molar-refractivity contribution in [3.63, 3.8) is 0 Å². The highest BCUT2D eigenvalue weighted by Crippen LogP contribution is 2.49. The fourth-order valence-electron chi connectivity index (χ4n) is 5.04. The van der Waals surface area contributed by atoms with Gasteiger partial charge in [-0.15, -0.1) is 0 Å². The highest BCUT2D eigenvalue weighted by molar-refractivity contribution is 6.11. The number of aromatic nitrogens is 2. The van der Waals surface area contributed by atoms with Crippen LogP contribution in [-0.2, 0) is 22.4 Å². The van der Waals surface area contributed by atoms with E-state index >= 15 is 0 Å². The number of Topliss-reactive ketones (excluding diaryl/α,β-unsaturated/α-hetero) is 2. The van der Waals surface area contributed by atoms with Gasteiger partial charge in [-0.2, -0.15) is 0 Å². The van der Waals surface area contributed by atoms with E-state index in [0.717, 1.165) is 5.56 Å². The number of aliphatic hydroxyl groups is 1. The van der Waals surface area contributed by atoms with E-state index in [0.29, 0.717) is 58.0 Å². The van der Waals surface area contributed by atoms with Crippen LogP contribution in [0.15, 0.2) is 89.8 Å². The zero-order valence-electron chi connectivity index (χ0n) is 23.5. The summed E-state index contributed by atoms with van der Waals surface area (Å²) in [5.41, 5.74) is 1.75. The first-order valence-corrected chi connectivity index (χ1v) is 14.0. The topological polar surface area (TPSA) is 112 Å². The number of pyridine rings is 1. The molecule has 0 aliphatic heterocycles. The Bertz CT molecular complexity index is 1760. The van der Waals surface area contributed by atoms with Gasteiger partial charge in [0.1, 0.15) is 35.9 Å². The van der Waals surface area contributed by atoms with E-state index in [1.54, 1.807) is 49.5 Å². The molecule has 1 atom stereocenters. The summed E-state index contributed by atoms with van der Waals surface area (Å²) >= 11 is 0. The highest BCUT2D eigenvalue weighted by atomic mass is 19.1. The van der Waals surface area contributed by atoms with E-state index in [1.807, 2.05) is 18.2 Å². The molecule has 1 saturated carbocycles. The molecule has 43 heavy (non-hydrogen) atoms. The number of rotatable bonds is 12. The number of ketones is 2. The van der Waals surface area contributed by atoms with Gasteiger partial charge >= 0.3 is 0 Å². The lowest BCUT2D eigenvalue weighted by atomic mass is 9.88. The third-order valence-electron chi connectivity index (χ3n) is 7.56. The van der Waals surface area contributed by atoms with Gasteiger partial charge in [-0.25, -0.2) is 9.37 Å². The van der Waals surface area contributed by atoms with E-state index < -0.39 is 11.5 Å². The van der Waals surface area contributed by atoms with Gasteiger partial charge in [0, 0.05) is 30.5 Å². The molecule has 5 aromatic rings. The number of oxazole rings is 1. The quantitative estimate of drug-likeness (QED) is 0.172. The smallest absolute Gasteiger partial charge is 0.229 e. The molecule has 1 aliphatic rings. The second-order valence-corrected chi connectivity index (χ2v) is 10.8. The maximum absolute atomic E-state index is 13.2. The van der Waals surface area contributed by atoms with Gasteiger partial charge in [-0.3, -0.25) is 14.6 Å². The number of fused-ring (bicyclic) bond motifs is 1. The molecule has 2 aromatic heterocycles. The Kier molecular flexibility index (Phi) is 7.73. The van der Waals surface area contributed by atoms with Crippen LogP contribution < -0.4 is 9.47 Å². The normalized spacial score (nSPS) is 14.3. The Balaban J connectivity index is 1.17. The van der Waals surface area contributed by atoms with Gasteiger partial charge in [-0.1, -0.05) is 24.3 Å². The van der Waals surface area contributed by atoms with Crippen molar-refractivity contribution in [1.82, 2.24) is 9.97 Å². The van der Waals surface area contributed by atoms with Crippen molar-refractivity contribution in [2.75, 3.05) is 6.61 Å². The second kappa shape index (κ2) is 11.8. The van der Waals surface area contributed by atoms with Crippen LogP contribution in [-0.4, -0.2) is 39.4 Å². The number of nitrogens with zero attached hydrogens (tertiary/aromatic N) is 2. The zero-order valence-corrected chi connectivity index (χ0v) is 23.5. The molecule has 9 heteroatoms. The SMILES string of the molecule is CC(O)COc1cc2nccc(Oc3ccc(CC(=O)C4(C(=O)Cc5ccc(F)cc5)CC4)cc3)c2cc1-c1ncco1. The number of carbonyl (C=O) groups excluding carboxylic acids is 2. The molecule has 1 fully saturated rings. The molecule has 1 aliphatic carbocycles. The van der Waals surface area contributed by atoms with Crippen LogP contribution in [0.25, 0.3) is 22.4 Å². The molecule has 2 heterocycles. The third kappa shape index (κ3) is 6.17. The zero-order chi connectivity index (χ0) is 30.0. The largest absolute Gasteiger partial charge is 0.490 e. The fraction of sp³-hybridized carbons (Fsp3) is 0.235. The van der Waals surface area contributed by atoms with Crippen molar-refractivity contribution in [3.05, 3.63) is 102 Å². The van der Waals surface area contributed by atoms with Crippen molar-refractivity contribution in [3.8, 4) is 28.7 Å². The first-order valence-electron chi connectivity index (χ1n) is 14.0. The molecule has 8 nitrogen and oxygen atoms in total. The van der Waals surface area contributed by atoms with E-state index in [1.165, 1.54) is 24.6 Å². The number of hydrogen-bond acceptors (Lipinski definition) is 8. The molecule has 218 valence electrons. The summed E-state index contributed by atoms with van der Waals surface area (Å²) in [5.74, 6) is 1.37. The summed E-state index contributed by atoms with van der Waals surface area (Å²) in [6.45, 7) is 1.73. The number of carbonyl (C=O) groups is 2. The molecule has 6 rings (SSSR count). The Morgan fingerprint density at radius 3 is 2.21 bits per heavy atom. The number of ether oxygens (including phenoxy) is 2. The Hall–Kier alpha value is -4.89. The van der Waals surface area contributed by atoms with Crippen LogP contribution in [0.3, 0.4) is 0 Å². The standard InChI is InChI=1S/C34H29FN2O6/c1-21(38)20-42-30-19-28-26(18-27(30)33-37-14-15-41-33)29(10-13-36-28)43-25-8-4-23(5-9-25)17-32(40)34(11-12-34)31(39)16-22-2-6-24(35)7-3-22/h2-10,13-15,18-19,21,38H,11-12,16-17,20H2,1H3. The van der Waals surface area contributed by atoms with Gasteiger partial charge in [0.15, 0.2) is 11.6 Å². The van der Waals surface area contributed by atoms with Crippen molar-refractivity contribution >= 4 is 22.5 Å². The minimum atomic E-state index is -0.947. The predicted octanol–water partition coefficient (Wildman–Crippen LogP) is 6.28. The van der Waals surface area contributed by atoms with E-state index in [2.05, 4.69) is 9.97 Å². The Labute approximate surface area is 247 Å². The van der Waals surface area contributed by atoms with Crippen molar-refractivity contribution in [2.24, 2.45) is 5.41 Å². The Morgan fingerprint density at radius 1 is 0.930 bits per heavy atom.